The third-order valence-corrected chi connectivity index (χ3v) is 3.68. The maximum absolute atomic E-state index is 5.90. The van der Waals surface area contributed by atoms with Gasteiger partial charge in [0, 0.05) is 17.5 Å². The molecule has 1 aliphatic rings. The van der Waals surface area contributed by atoms with Crippen molar-refractivity contribution in [1.82, 2.24) is 0 Å². The van der Waals surface area contributed by atoms with Crippen LogP contribution in [0.5, 0.6) is 0 Å². The Morgan fingerprint density at radius 2 is 2.38 bits per heavy atom. The predicted molar refractivity (Wildman–Crippen MR) is 65.5 cm³/mol. The summed E-state index contributed by atoms with van der Waals surface area (Å²) < 4.78 is 11.5. The van der Waals surface area contributed by atoms with Crippen molar-refractivity contribution in [3.63, 3.8) is 0 Å². The Morgan fingerprint density at radius 3 is 3.00 bits per heavy atom. The number of hydrogen-bond acceptors (Lipinski definition) is 4. The minimum absolute atomic E-state index is 0.0971. The second kappa shape index (κ2) is 5.77. The molecule has 2 rings (SSSR count). The Labute approximate surface area is 101 Å². The molecule has 3 nitrogen and oxygen atoms in total. The van der Waals surface area contributed by atoms with E-state index in [1.54, 1.807) is 11.3 Å². The molecule has 1 aliphatic carbocycles. The van der Waals surface area contributed by atoms with E-state index < -0.39 is 0 Å². The molecule has 0 aromatic carbocycles. The van der Waals surface area contributed by atoms with Gasteiger partial charge in [0.1, 0.15) is 0 Å². The van der Waals surface area contributed by atoms with Crippen molar-refractivity contribution in [2.75, 3.05) is 6.61 Å². The van der Waals surface area contributed by atoms with Crippen molar-refractivity contribution in [2.45, 2.75) is 44.6 Å². The lowest BCUT2D eigenvalue weighted by atomic mass is 9.86. The molecule has 0 bridgehead atoms. The highest BCUT2D eigenvalue weighted by Gasteiger charge is 2.40. The van der Waals surface area contributed by atoms with E-state index >= 15 is 0 Å². The lowest BCUT2D eigenvalue weighted by molar-refractivity contribution is -0.144. The van der Waals surface area contributed by atoms with Gasteiger partial charge in [0.25, 0.3) is 0 Å². The van der Waals surface area contributed by atoms with Crippen LogP contribution in [0.2, 0.25) is 0 Å². The third-order valence-electron chi connectivity index (χ3n) is 2.83. The molecule has 16 heavy (non-hydrogen) atoms. The highest BCUT2D eigenvalue weighted by atomic mass is 32.1. The highest BCUT2D eigenvalue weighted by Crippen LogP contribution is 2.27. The molecule has 1 aromatic rings. The van der Waals surface area contributed by atoms with Gasteiger partial charge in [-0.3, -0.25) is 0 Å². The zero-order chi connectivity index (χ0) is 11.4. The topological polar surface area (TPSA) is 44.5 Å². The first kappa shape index (κ1) is 12.0. The Balaban J connectivity index is 1.73. The lowest BCUT2D eigenvalue weighted by Gasteiger charge is -2.41. The van der Waals surface area contributed by atoms with Gasteiger partial charge in [0.05, 0.1) is 18.8 Å². The van der Waals surface area contributed by atoms with Gasteiger partial charge in [-0.25, -0.2) is 0 Å². The Morgan fingerprint density at radius 1 is 1.50 bits per heavy atom. The summed E-state index contributed by atoms with van der Waals surface area (Å²) in [6, 6.07) is 4.28. The summed E-state index contributed by atoms with van der Waals surface area (Å²) in [5.74, 6) is 0. The van der Waals surface area contributed by atoms with E-state index in [1.807, 2.05) is 6.07 Å². The van der Waals surface area contributed by atoms with Crippen LogP contribution in [-0.4, -0.2) is 24.9 Å². The van der Waals surface area contributed by atoms with Gasteiger partial charge < -0.3 is 15.2 Å². The quantitative estimate of drug-likeness (QED) is 0.830. The summed E-state index contributed by atoms with van der Waals surface area (Å²) in [5, 5.41) is 2.07. The maximum Gasteiger partial charge on any atom is 0.0988 e. The van der Waals surface area contributed by atoms with Gasteiger partial charge in [0.15, 0.2) is 0 Å². The molecule has 1 heterocycles. The summed E-state index contributed by atoms with van der Waals surface area (Å²) in [4.78, 5) is 1.26. The van der Waals surface area contributed by atoms with E-state index in [4.69, 9.17) is 15.2 Å². The molecule has 2 N–H and O–H groups in total. The Hall–Kier alpha value is -0.420. The maximum atomic E-state index is 5.90. The number of ether oxygens (including phenoxy) is 2. The average Bonchev–Trinajstić information content (AvgIpc) is 2.77. The van der Waals surface area contributed by atoms with Crippen LogP contribution in [0.4, 0.5) is 0 Å². The zero-order valence-electron chi connectivity index (χ0n) is 9.59. The molecule has 4 heteroatoms. The molecular weight excluding hydrogens is 222 g/mol. The Kier molecular flexibility index (Phi) is 4.35. The number of thiophene rings is 1. The third kappa shape index (κ3) is 2.83. The van der Waals surface area contributed by atoms with Crippen molar-refractivity contribution in [3.8, 4) is 0 Å². The average molecular weight is 241 g/mol. The van der Waals surface area contributed by atoms with Crippen molar-refractivity contribution >= 4 is 11.3 Å². The van der Waals surface area contributed by atoms with Gasteiger partial charge in [-0.2, -0.15) is 0 Å². The van der Waals surface area contributed by atoms with E-state index in [2.05, 4.69) is 18.4 Å². The first-order valence-corrected chi connectivity index (χ1v) is 6.70. The monoisotopic (exact) mass is 241 g/mol. The van der Waals surface area contributed by atoms with E-state index in [0.29, 0.717) is 6.61 Å². The highest BCUT2D eigenvalue weighted by molar-refractivity contribution is 7.09. The SMILES string of the molecule is CCCOC1C(N)CC1OCc1cccs1. The molecule has 0 amide bonds. The molecule has 1 aromatic heterocycles. The fourth-order valence-corrected chi connectivity index (χ4v) is 2.47. The molecule has 1 saturated carbocycles. The van der Waals surface area contributed by atoms with E-state index in [-0.39, 0.29) is 18.2 Å². The minimum atomic E-state index is 0.0971. The standard InChI is InChI=1S/C12H19NO2S/c1-2-5-14-12-10(13)7-11(12)15-8-9-4-3-6-16-9/h3-4,6,10-12H,2,5,7-8,13H2,1H3. The van der Waals surface area contributed by atoms with E-state index in [9.17, 15) is 0 Å². The van der Waals surface area contributed by atoms with Crippen LogP contribution >= 0.6 is 11.3 Å². The molecule has 3 unspecified atom stereocenters. The molecule has 0 aliphatic heterocycles. The first-order chi connectivity index (χ1) is 7.81. The minimum Gasteiger partial charge on any atom is -0.374 e. The fraction of sp³-hybridized carbons (Fsp3) is 0.667. The first-order valence-electron chi connectivity index (χ1n) is 5.82. The van der Waals surface area contributed by atoms with Crippen LogP contribution in [0.15, 0.2) is 17.5 Å². The van der Waals surface area contributed by atoms with Crippen molar-refractivity contribution in [2.24, 2.45) is 5.73 Å². The summed E-state index contributed by atoms with van der Waals surface area (Å²) in [5.41, 5.74) is 5.90. The zero-order valence-corrected chi connectivity index (χ0v) is 10.4. The van der Waals surface area contributed by atoms with Crippen LogP contribution in [0.25, 0.3) is 0 Å². The fourth-order valence-electron chi connectivity index (χ4n) is 1.85. The predicted octanol–water partition coefficient (Wildman–Crippen LogP) is 2.16. The van der Waals surface area contributed by atoms with Crippen molar-refractivity contribution < 1.29 is 9.47 Å². The second-order valence-corrected chi connectivity index (χ2v) is 5.20. The molecule has 0 spiro atoms. The second-order valence-electron chi connectivity index (χ2n) is 4.16. The van der Waals surface area contributed by atoms with Gasteiger partial charge in [-0.1, -0.05) is 13.0 Å². The van der Waals surface area contributed by atoms with E-state index in [0.717, 1.165) is 19.4 Å². The lowest BCUT2D eigenvalue weighted by Crippen LogP contribution is -2.58. The van der Waals surface area contributed by atoms with E-state index in [1.165, 1.54) is 4.88 Å². The van der Waals surface area contributed by atoms with Crippen LogP contribution < -0.4 is 5.73 Å². The smallest absolute Gasteiger partial charge is 0.0988 e. The van der Waals surface area contributed by atoms with Gasteiger partial charge in [-0.15, -0.1) is 11.3 Å². The number of nitrogens with two attached hydrogens (primary N) is 1. The number of rotatable bonds is 6. The molecular formula is C12H19NO2S. The van der Waals surface area contributed by atoms with Crippen LogP contribution in [0.1, 0.15) is 24.6 Å². The normalized spacial score (nSPS) is 29.0. The molecule has 0 radical (unpaired) electrons. The summed E-state index contributed by atoms with van der Waals surface area (Å²) in [6.45, 7) is 3.56. The summed E-state index contributed by atoms with van der Waals surface area (Å²) >= 11 is 1.72. The van der Waals surface area contributed by atoms with Crippen LogP contribution in [0, 0.1) is 0 Å². The van der Waals surface area contributed by atoms with Crippen LogP contribution in [-0.2, 0) is 16.1 Å². The van der Waals surface area contributed by atoms with Gasteiger partial charge in [-0.05, 0) is 24.3 Å². The molecule has 1 fully saturated rings. The largest absolute Gasteiger partial charge is 0.374 e. The molecule has 90 valence electrons. The Bertz CT molecular complexity index is 302. The van der Waals surface area contributed by atoms with Gasteiger partial charge >= 0.3 is 0 Å². The summed E-state index contributed by atoms with van der Waals surface area (Å²) in [7, 11) is 0. The van der Waals surface area contributed by atoms with Crippen molar-refractivity contribution in [3.05, 3.63) is 22.4 Å². The van der Waals surface area contributed by atoms with Gasteiger partial charge in [0.2, 0.25) is 0 Å². The molecule has 3 atom stereocenters. The summed E-state index contributed by atoms with van der Waals surface area (Å²) in [6.07, 6.45) is 2.23. The number of hydrogen-bond donors (Lipinski definition) is 1. The van der Waals surface area contributed by atoms with Crippen molar-refractivity contribution in [1.29, 1.82) is 0 Å². The van der Waals surface area contributed by atoms with Crippen LogP contribution in [0.3, 0.4) is 0 Å². The molecule has 0 saturated heterocycles.